The Morgan fingerprint density at radius 2 is 1.91 bits per heavy atom. The summed E-state index contributed by atoms with van der Waals surface area (Å²) in [6, 6.07) is 13.6. The van der Waals surface area contributed by atoms with Crippen LogP contribution in [0, 0.1) is 6.92 Å². The van der Waals surface area contributed by atoms with E-state index in [0.717, 1.165) is 29.5 Å². The third-order valence-corrected chi connectivity index (χ3v) is 6.31. The van der Waals surface area contributed by atoms with Gasteiger partial charge in [0.25, 0.3) is 0 Å². The molecule has 164 valence electrons. The molecule has 1 unspecified atom stereocenters. The first kappa shape index (κ1) is 22.0. The van der Waals surface area contributed by atoms with Gasteiger partial charge in [0.2, 0.25) is 5.91 Å². The number of nitrogens with one attached hydrogen (secondary N) is 1. The van der Waals surface area contributed by atoms with Crippen molar-refractivity contribution in [3.05, 3.63) is 81.1 Å². The van der Waals surface area contributed by atoms with Gasteiger partial charge >= 0.3 is 0 Å². The predicted octanol–water partition coefficient (Wildman–Crippen LogP) is 4.70. The first-order valence-electron chi connectivity index (χ1n) is 10.6. The number of hydrogen-bond acceptors (Lipinski definition) is 5. The number of aromatic nitrogens is 2. The molecule has 1 aliphatic heterocycles. The molecule has 7 heteroatoms. The zero-order valence-electron chi connectivity index (χ0n) is 18.7. The summed E-state index contributed by atoms with van der Waals surface area (Å²) in [6.45, 7) is 5.95. The van der Waals surface area contributed by atoms with Crippen LogP contribution >= 0.6 is 11.6 Å². The minimum atomic E-state index is -0.970. The minimum absolute atomic E-state index is 0.174. The van der Waals surface area contributed by atoms with Gasteiger partial charge in [0.05, 0.1) is 5.56 Å². The van der Waals surface area contributed by atoms with Gasteiger partial charge in [-0.1, -0.05) is 55.3 Å². The normalized spacial score (nSPS) is 17.9. The van der Waals surface area contributed by atoms with Crippen molar-refractivity contribution in [2.24, 2.45) is 4.99 Å². The maximum Gasteiger partial charge on any atom is 0.240 e. The van der Waals surface area contributed by atoms with Crippen molar-refractivity contribution in [1.29, 1.82) is 0 Å². The molecule has 1 aromatic heterocycles. The minimum Gasteiger partial charge on any atom is -0.383 e. The summed E-state index contributed by atoms with van der Waals surface area (Å²) >= 11 is 6.11. The maximum atomic E-state index is 13.1. The number of anilines is 2. The Hall–Kier alpha value is -3.25. The molecule has 4 rings (SSSR count). The van der Waals surface area contributed by atoms with E-state index < -0.39 is 5.41 Å². The van der Waals surface area contributed by atoms with Crippen LogP contribution in [0.4, 0.5) is 11.6 Å². The van der Waals surface area contributed by atoms with Crippen LogP contribution in [0.2, 0.25) is 5.02 Å². The Morgan fingerprint density at radius 3 is 2.53 bits per heavy atom. The summed E-state index contributed by atoms with van der Waals surface area (Å²) in [5.41, 5.74) is 10.5. The van der Waals surface area contributed by atoms with Crippen LogP contribution in [0.5, 0.6) is 0 Å². The Bertz CT molecular complexity index is 1240. The molecule has 0 bridgehead atoms. The molecule has 1 atom stereocenters. The van der Waals surface area contributed by atoms with Crippen molar-refractivity contribution in [2.75, 3.05) is 18.1 Å². The first-order valence-corrected chi connectivity index (χ1v) is 11.0. The summed E-state index contributed by atoms with van der Waals surface area (Å²) in [5.74, 6) is 0.866. The van der Waals surface area contributed by atoms with Crippen molar-refractivity contribution in [2.45, 2.75) is 39.0 Å². The number of aliphatic imine (C=N–C) groups is 1. The molecule has 2 heterocycles. The molecule has 0 radical (unpaired) electrons. The van der Waals surface area contributed by atoms with Crippen molar-refractivity contribution < 1.29 is 4.79 Å². The monoisotopic (exact) mass is 447 g/mol. The molecular formula is C25H26ClN5O. The molecule has 0 saturated heterocycles. The SMILES string of the molecule is CCCc1ccc(C2(C)C(=O)Nc3nc(/C(=N/C)c4ccc(Cl)cc4C)nc(N)c32)cc1. The highest BCUT2D eigenvalue weighted by Crippen LogP contribution is 2.44. The Kier molecular flexibility index (Phi) is 5.73. The Morgan fingerprint density at radius 1 is 1.19 bits per heavy atom. The molecule has 2 aromatic carbocycles. The van der Waals surface area contributed by atoms with Gasteiger partial charge in [-0.2, -0.15) is 0 Å². The predicted molar refractivity (Wildman–Crippen MR) is 130 cm³/mol. The van der Waals surface area contributed by atoms with Gasteiger partial charge in [-0.3, -0.25) is 9.79 Å². The van der Waals surface area contributed by atoms with E-state index >= 15 is 0 Å². The summed E-state index contributed by atoms with van der Waals surface area (Å²) < 4.78 is 0. The van der Waals surface area contributed by atoms with E-state index in [0.29, 0.717) is 27.9 Å². The Labute approximate surface area is 193 Å². The van der Waals surface area contributed by atoms with E-state index in [4.69, 9.17) is 17.3 Å². The number of carbonyl (C=O) groups is 1. The number of carbonyl (C=O) groups excluding carboxylic acids is 1. The van der Waals surface area contributed by atoms with Gasteiger partial charge < -0.3 is 11.1 Å². The van der Waals surface area contributed by atoms with E-state index in [2.05, 4.69) is 39.3 Å². The molecular weight excluding hydrogens is 422 g/mol. The van der Waals surface area contributed by atoms with Crippen molar-refractivity contribution in [3.63, 3.8) is 0 Å². The molecule has 1 aliphatic rings. The van der Waals surface area contributed by atoms with E-state index in [-0.39, 0.29) is 11.7 Å². The van der Waals surface area contributed by atoms with Gasteiger partial charge in [0.1, 0.15) is 22.8 Å². The van der Waals surface area contributed by atoms with Crippen LogP contribution in [0.3, 0.4) is 0 Å². The zero-order valence-corrected chi connectivity index (χ0v) is 19.4. The molecule has 0 spiro atoms. The van der Waals surface area contributed by atoms with Crippen LogP contribution in [0.15, 0.2) is 47.5 Å². The lowest BCUT2D eigenvalue weighted by atomic mass is 9.77. The second-order valence-electron chi connectivity index (χ2n) is 8.21. The molecule has 32 heavy (non-hydrogen) atoms. The topological polar surface area (TPSA) is 93.3 Å². The van der Waals surface area contributed by atoms with E-state index in [9.17, 15) is 4.79 Å². The smallest absolute Gasteiger partial charge is 0.240 e. The zero-order chi connectivity index (χ0) is 23.0. The highest BCUT2D eigenvalue weighted by atomic mass is 35.5. The second kappa shape index (κ2) is 8.36. The average Bonchev–Trinajstić information content (AvgIpc) is 3.02. The molecule has 0 fully saturated rings. The van der Waals surface area contributed by atoms with E-state index in [1.807, 2.05) is 38.1 Å². The number of benzene rings is 2. The van der Waals surface area contributed by atoms with Gasteiger partial charge in [-0.05, 0) is 49.1 Å². The number of halogens is 1. The maximum absolute atomic E-state index is 13.1. The fraction of sp³-hybridized carbons (Fsp3) is 0.280. The lowest BCUT2D eigenvalue weighted by molar-refractivity contribution is -0.119. The summed E-state index contributed by atoms with van der Waals surface area (Å²) in [5, 5.41) is 3.56. The lowest BCUT2D eigenvalue weighted by Crippen LogP contribution is -2.33. The van der Waals surface area contributed by atoms with E-state index in [1.165, 1.54) is 5.56 Å². The molecule has 3 N–H and O–H groups in total. The summed E-state index contributed by atoms with van der Waals surface area (Å²) in [4.78, 5) is 26.8. The number of amides is 1. The first-order chi connectivity index (χ1) is 15.3. The standard InChI is InChI=1S/C25H26ClN5O/c1-5-6-15-7-9-16(10-8-15)25(3)19-21(27)29-23(30-22(19)31-24(25)32)20(28-4)18-12-11-17(26)13-14(18)2/h7-13H,5-6H2,1-4H3,(H3,27,29,30,31,32)/b28-20+. The van der Waals surface area contributed by atoms with Crippen molar-refractivity contribution in [1.82, 2.24) is 9.97 Å². The van der Waals surface area contributed by atoms with Gasteiger partial charge in [0, 0.05) is 17.6 Å². The number of hydrogen-bond donors (Lipinski definition) is 2. The van der Waals surface area contributed by atoms with Gasteiger partial charge in [-0.25, -0.2) is 9.97 Å². The molecule has 0 aliphatic carbocycles. The fourth-order valence-corrected chi connectivity index (χ4v) is 4.54. The second-order valence-corrected chi connectivity index (χ2v) is 8.65. The Balaban J connectivity index is 1.80. The number of nitrogen functional groups attached to an aromatic ring is 1. The van der Waals surface area contributed by atoms with Gasteiger partial charge in [-0.15, -0.1) is 0 Å². The van der Waals surface area contributed by atoms with Crippen LogP contribution < -0.4 is 11.1 Å². The third kappa shape index (κ3) is 3.54. The summed E-state index contributed by atoms with van der Waals surface area (Å²) in [7, 11) is 1.68. The highest BCUT2D eigenvalue weighted by molar-refractivity contribution is 6.30. The van der Waals surface area contributed by atoms with Crippen LogP contribution in [0.25, 0.3) is 0 Å². The van der Waals surface area contributed by atoms with E-state index in [1.54, 1.807) is 13.1 Å². The summed E-state index contributed by atoms with van der Waals surface area (Å²) in [6.07, 6.45) is 2.07. The highest BCUT2D eigenvalue weighted by Gasteiger charge is 2.47. The molecule has 0 saturated carbocycles. The van der Waals surface area contributed by atoms with Crippen molar-refractivity contribution in [3.8, 4) is 0 Å². The lowest BCUT2D eigenvalue weighted by Gasteiger charge is -2.24. The number of nitrogens with zero attached hydrogens (tertiary/aromatic N) is 3. The van der Waals surface area contributed by atoms with Crippen LogP contribution in [-0.4, -0.2) is 28.6 Å². The number of fused-ring (bicyclic) bond motifs is 1. The number of aryl methyl sites for hydroxylation is 2. The van der Waals surface area contributed by atoms with Gasteiger partial charge in [0.15, 0.2) is 5.82 Å². The molecule has 3 aromatic rings. The fourth-order valence-electron chi connectivity index (χ4n) is 4.32. The third-order valence-electron chi connectivity index (χ3n) is 6.07. The number of nitrogens with two attached hydrogens (primary N) is 1. The van der Waals surface area contributed by atoms with Crippen LogP contribution in [0.1, 0.15) is 53.9 Å². The molecule has 6 nitrogen and oxygen atoms in total. The quantitative estimate of drug-likeness (QED) is 0.554. The van der Waals surface area contributed by atoms with Crippen molar-refractivity contribution >= 4 is 34.9 Å². The number of rotatable bonds is 5. The largest absolute Gasteiger partial charge is 0.383 e. The van der Waals surface area contributed by atoms with Crippen LogP contribution in [-0.2, 0) is 16.6 Å². The molecule has 1 amide bonds. The average molecular weight is 448 g/mol.